The number of hydrogen-bond donors (Lipinski definition) is 1. The second kappa shape index (κ2) is 8.04. The number of nitrogens with one attached hydrogen (secondary N) is 1. The molecule has 0 saturated carbocycles. The van der Waals surface area contributed by atoms with Gasteiger partial charge in [-0.15, -0.1) is 0 Å². The van der Waals surface area contributed by atoms with Gasteiger partial charge in [0.15, 0.2) is 0 Å². The van der Waals surface area contributed by atoms with E-state index < -0.39 is 0 Å². The van der Waals surface area contributed by atoms with Crippen LogP contribution in [0, 0.1) is 0 Å². The largest absolute Gasteiger partial charge is 0.375 e. The zero-order valence-corrected chi connectivity index (χ0v) is 11.2. The maximum Gasteiger partial charge on any atom is 0.0697 e. The SMILES string of the molecule is CCNCC(CC)OCC1CCCCN1C. The minimum atomic E-state index is 0.385. The highest BCUT2D eigenvalue weighted by Crippen LogP contribution is 2.15. The molecule has 0 radical (unpaired) electrons. The van der Waals surface area contributed by atoms with Crippen molar-refractivity contribution in [3.63, 3.8) is 0 Å². The zero-order chi connectivity index (χ0) is 11.8. The van der Waals surface area contributed by atoms with E-state index in [9.17, 15) is 0 Å². The second-order valence-electron chi connectivity index (χ2n) is 4.80. The summed E-state index contributed by atoms with van der Waals surface area (Å²) in [6.45, 7) is 8.50. The van der Waals surface area contributed by atoms with Crippen molar-refractivity contribution in [3.8, 4) is 0 Å². The van der Waals surface area contributed by atoms with Gasteiger partial charge in [0.05, 0.1) is 12.7 Å². The molecule has 1 heterocycles. The molecule has 2 unspecified atom stereocenters. The van der Waals surface area contributed by atoms with Gasteiger partial charge < -0.3 is 15.0 Å². The number of likely N-dealkylation sites (N-methyl/N-ethyl adjacent to an activating group) is 2. The van der Waals surface area contributed by atoms with Gasteiger partial charge in [0.25, 0.3) is 0 Å². The van der Waals surface area contributed by atoms with Crippen LogP contribution in [0.15, 0.2) is 0 Å². The van der Waals surface area contributed by atoms with Gasteiger partial charge in [0.1, 0.15) is 0 Å². The molecule has 1 fully saturated rings. The predicted molar refractivity (Wildman–Crippen MR) is 68.8 cm³/mol. The maximum absolute atomic E-state index is 6.00. The number of nitrogens with zero attached hydrogens (tertiary/aromatic N) is 1. The van der Waals surface area contributed by atoms with Crippen molar-refractivity contribution in [2.24, 2.45) is 0 Å². The molecule has 2 atom stereocenters. The molecule has 0 aliphatic carbocycles. The third kappa shape index (κ3) is 4.81. The fraction of sp³-hybridized carbons (Fsp3) is 1.00. The first-order valence-electron chi connectivity index (χ1n) is 6.80. The van der Waals surface area contributed by atoms with E-state index >= 15 is 0 Å². The summed E-state index contributed by atoms with van der Waals surface area (Å²) in [5.74, 6) is 0. The molecule has 0 bridgehead atoms. The van der Waals surface area contributed by atoms with Crippen LogP contribution in [0.5, 0.6) is 0 Å². The van der Waals surface area contributed by atoms with Crippen molar-refractivity contribution < 1.29 is 4.74 Å². The van der Waals surface area contributed by atoms with Crippen molar-refractivity contribution in [3.05, 3.63) is 0 Å². The van der Waals surface area contributed by atoms with Crippen LogP contribution in [0.4, 0.5) is 0 Å². The molecule has 1 rings (SSSR count). The fourth-order valence-electron chi connectivity index (χ4n) is 2.23. The van der Waals surface area contributed by atoms with E-state index in [1.54, 1.807) is 0 Å². The summed E-state index contributed by atoms with van der Waals surface area (Å²) in [6.07, 6.45) is 5.50. The highest BCUT2D eigenvalue weighted by Gasteiger charge is 2.20. The third-order valence-electron chi connectivity index (χ3n) is 3.52. The Kier molecular flexibility index (Phi) is 7.01. The van der Waals surface area contributed by atoms with E-state index in [2.05, 4.69) is 31.1 Å². The molecule has 16 heavy (non-hydrogen) atoms. The van der Waals surface area contributed by atoms with Crippen LogP contribution in [0.25, 0.3) is 0 Å². The summed E-state index contributed by atoms with van der Waals surface area (Å²) >= 11 is 0. The van der Waals surface area contributed by atoms with Gasteiger partial charge in [0, 0.05) is 12.6 Å². The van der Waals surface area contributed by atoms with Crippen molar-refractivity contribution in [2.45, 2.75) is 51.7 Å². The smallest absolute Gasteiger partial charge is 0.0697 e. The molecule has 1 N–H and O–H groups in total. The van der Waals surface area contributed by atoms with E-state index in [-0.39, 0.29) is 0 Å². The van der Waals surface area contributed by atoms with Gasteiger partial charge in [-0.1, -0.05) is 20.3 Å². The second-order valence-corrected chi connectivity index (χ2v) is 4.80. The summed E-state index contributed by atoms with van der Waals surface area (Å²) in [5, 5.41) is 3.36. The lowest BCUT2D eigenvalue weighted by Gasteiger charge is -2.33. The summed E-state index contributed by atoms with van der Waals surface area (Å²) < 4.78 is 6.00. The lowest BCUT2D eigenvalue weighted by atomic mass is 10.0. The first-order valence-corrected chi connectivity index (χ1v) is 6.80. The summed E-state index contributed by atoms with van der Waals surface area (Å²) in [5.41, 5.74) is 0. The topological polar surface area (TPSA) is 24.5 Å². The zero-order valence-electron chi connectivity index (χ0n) is 11.2. The lowest BCUT2D eigenvalue weighted by Crippen LogP contribution is -2.41. The summed E-state index contributed by atoms with van der Waals surface area (Å²) in [4.78, 5) is 2.45. The van der Waals surface area contributed by atoms with Crippen LogP contribution in [0.3, 0.4) is 0 Å². The lowest BCUT2D eigenvalue weighted by molar-refractivity contribution is 0.00295. The Balaban J connectivity index is 2.19. The minimum Gasteiger partial charge on any atom is -0.375 e. The van der Waals surface area contributed by atoms with E-state index in [1.807, 2.05) is 0 Å². The Morgan fingerprint density at radius 3 is 2.81 bits per heavy atom. The Bertz CT molecular complexity index is 175. The van der Waals surface area contributed by atoms with Gasteiger partial charge in [-0.2, -0.15) is 0 Å². The van der Waals surface area contributed by atoms with Gasteiger partial charge in [-0.3, -0.25) is 0 Å². The monoisotopic (exact) mass is 228 g/mol. The van der Waals surface area contributed by atoms with Crippen LogP contribution in [0.2, 0.25) is 0 Å². The first kappa shape index (κ1) is 13.9. The highest BCUT2D eigenvalue weighted by molar-refractivity contribution is 4.74. The van der Waals surface area contributed by atoms with E-state index in [0.29, 0.717) is 12.1 Å². The average molecular weight is 228 g/mol. The van der Waals surface area contributed by atoms with Crippen LogP contribution in [-0.4, -0.2) is 50.3 Å². The maximum atomic E-state index is 6.00. The molecule has 0 amide bonds. The molecule has 3 heteroatoms. The molecular formula is C13H28N2O. The van der Waals surface area contributed by atoms with Crippen LogP contribution in [0.1, 0.15) is 39.5 Å². The van der Waals surface area contributed by atoms with E-state index in [4.69, 9.17) is 4.74 Å². The standard InChI is InChI=1S/C13H28N2O/c1-4-13(10-14-5-2)16-11-12-8-6-7-9-15(12)3/h12-14H,4-11H2,1-3H3. The Labute approximate surface area is 101 Å². The van der Waals surface area contributed by atoms with Crippen LogP contribution >= 0.6 is 0 Å². The Morgan fingerprint density at radius 1 is 1.38 bits per heavy atom. The number of rotatable bonds is 7. The van der Waals surface area contributed by atoms with Crippen molar-refractivity contribution in [2.75, 3.05) is 33.3 Å². The molecule has 96 valence electrons. The quantitative estimate of drug-likeness (QED) is 0.720. The van der Waals surface area contributed by atoms with E-state index in [0.717, 1.165) is 26.1 Å². The molecule has 0 aromatic rings. The highest BCUT2D eigenvalue weighted by atomic mass is 16.5. The number of piperidine rings is 1. The molecule has 1 aliphatic heterocycles. The van der Waals surface area contributed by atoms with Crippen LogP contribution < -0.4 is 5.32 Å². The van der Waals surface area contributed by atoms with Gasteiger partial charge >= 0.3 is 0 Å². The normalized spacial score (nSPS) is 24.6. The van der Waals surface area contributed by atoms with Gasteiger partial charge in [-0.05, 0) is 39.4 Å². The van der Waals surface area contributed by atoms with Crippen molar-refractivity contribution >= 4 is 0 Å². The van der Waals surface area contributed by atoms with Crippen molar-refractivity contribution in [1.29, 1.82) is 0 Å². The number of ether oxygens (including phenoxy) is 1. The number of likely N-dealkylation sites (tertiary alicyclic amines) is 1. The van der Waals surface area contributed by atoms with Gasteiger partial charge in [-0.25, -0.2) is 0 Å². The molecule has 1 saturated heterocycles. The molecule has 0 spiro atoms. The minimum absolute atomic E-state index is 0.385. The molecular weight excluding hydrogens is 200 g/mol. The molecule has 3 nitrogen and oxygen atoms in total. The third-order valence-corrected chi connectivity index (χ3v) is 3.52. The Hall–Kier alpha value is -0.120. The van der Waals surface area contributed by atoms with Crippen LogP contribution in [-0.2, 0) is 4.74 Å². The van der Waals surface area contributed by atoms with Gasteiger partial charge in [0.2, 0.25) is 0 Å². The summed E-state index contributed by atoms with van der Waals surface area (Å²) in [6, 6.07) is 0.643. The molecule has 1 aliphatic rings. The fourth-order valence-corrected chi connectivity index (χ4v) is 2.23. The molecule has 0 aromatic heterocycles. The van der Waals surface area contributed by atoms with E-state index in [1.165, 1.54) is 25.8 Å². The number of hydrogen-bond acceptors (Lipinski definition) is 3. The summed E-state index contributed by atoms with van der Waals surface area (Å²) in [7, 11) is 2.22. The average Bonchev–Trinajstić information content (AvgIpc) is 2.31. The first-order chi connectivity index (χ1) is 7.77. The molecule has 0 aromatic carbocycles. The van der Waals surface area contributed by atoms with Crippen molar-refractivity contribution in [1.82, 2.24) is 10.2 Å². The predicted octanol–water partition coefficient (Wildman–Crippen LogP) is 1.88. The Morgan fingerprint density at radius 2 is 2.19 bits per heavy atom.